The molecule has 0 aromatic heterocycles. The van der Waals surface area contributed by atoms with Crippen LogP contribution in [-0.4, -0.2) is 54.5 Å². The van der Waals surface area contributed by atoms with Crippen LogP contribution < -0.4 is 15.5 Å². The number of nitrogens with zero attached hydrogens (tertiary/aromatic N) is 2. The van der Waals surface area contributed by atoms with E-state index in [0.29, 0.717) is 19.5 Å². The first kappa shape index (κ1) is 18.3. The van der Waals surface area contributed by atoms with Gasteiger partial charge in [0.2, 0.25) is 5.91 Å². The topological polar surface area (TPSA) is 81.8 Å². The fourth-order valence-electron chi connectivity index (χ4n) is 4.10. The molecule has 8 heteroatoms. The van der Waals surface area contributed by atoms with Crippen LogP contribution in [0, 0.1) is 5.92 Å². The first-order chi connectivity index (χ1) is 13.0. The molecule has 2 aliphatic heterocycles. The van der Waals surface area contributed by atoms with E-state index in [1.54, 1.807) is 0 Å². The number of carbonyl (C=O) groups is 3. The quantitative estimate of drug-likeness (QED) is 0.692. The van der Waals surface area contributed by atoms with Gasteiger partial charge in [0.15, 0.2) is 0 Å². The normalized spacial score (nSPS) is 25.4. The zero-order valence-corrected chi connectivity index (χ0v) is 16.6. The molecule has 2 N–H and O–H groups in total. The number of hydrogen-bond acceptors (Lipinski definition) is 4. The molecule has 1 aliphatic carbocycles. The largest absolute Gasteiger partial charge is 0.368 e. The highest BCUT2D eigenvalue weighted by Crippen LogP contribution is 2.43. The van der Waals surface area contributed by atoms with Gasteiger partial charge in [0, 0.05) is 42.8 Å². The highest BCUT2D eigenvalue weighted by molar-refractivity contribution is 9.10. The Balaban J connectivity index is 1.32. The molecule has 1 saturated carbocycles. The molecule has 0 radical (unpaired) electrons. The minimum Gasteiger partial charge on any atom is -0.368 e. The van der Waals surface area contributed by atoms with Crippen LogP contribution in [0.25, 0.3) is 0 Å². The summed E-state index contributed by atoms with van der Waals surface area (Å²) in [4.78, 5) is 40.7. The zero-order chi connectivity index (χ0) is 19.0. The monoisotopic (exact) mass is 434 g/mol. The molecule has 27 heavy (non-hydrogen) atoms. The molecule has 4 amide bonds. The molecule has 1 aromatic carbocycles. The van der Waals surface area contributed by atoms with Crippen molar-refractivity contribution in [2.45, 2.75) is 31.2 Å². The molecular weight excluding hydrogens is 412 g/mol. The molecule has 7 nitrogen and oxygen atoms in total. The van der Waals surface area contributed by atoms with Crippen LogP contribution in [0.5, 0.6) is 0 Å². The minimum absolute atomic E-state index is 0.0536. The van der Waals surface area contributed by atoms with Gasteiger partial charge in [-0.05, 0) is 43.4 Å². The van der Waals surface area contributed by atoms with E-state index in [9.17, 15) is 14.4 Å². The third-order valence-electron chi connectivity index (χ3n) is 5.78. The maximum atomic E-state index is 12.7. The fraction of sp³-hybridized carbons (Fsp3) is 0.526. The SMILES string of the molecule is O=C1NC(=O)C(CCC(=O)N2CCN(c3cccc(Br)c3)CC2)(C2CC2)N1. The van der Waals surface area contributed by atoms with Crippen molar-refractivity contribution in [3.63, 3.8) is 0 Å². The number of imide groups is 1. The Bertz CT molecular complexity index is 774. The average Bonchev–Trinajstić information content (AvgIpc) is 3.46. The van der Waals surface area contributed by atoms with Crippen LogP contribution in [0.1, 0.15) is 25.7 Å². The molecule has 4 rings (SSSR count). The van der Waals surface area contributed by atoms with Crippen molar-refractivity contribution >= 4 is 39.5 Å². The van der Waals surface area contributed by atoms with Crippen molar-refractivity contribution in [1.82, 2.24) is 15.5 Å². The number of anilines is 1. The standard InChI is InChI=1S/C19H23BrN4O3/c20-14-2-1-3-15(12-14)23-8-10-24(11-9-23)16(25)6-7-19(13-4-5-13)17(26)21-18(27)22-19/h1-3,12-13H,4-11H2,(H2,21,22,26,27). The second kappa shape index (κ2) is 7.14. The molecule has 2 saturated heterocycles. The number of nitrogens with one attached hydrogen (secondary N) is 2. The Morgan fingerprint density at radius 1 is 1.19 bits per heavy atom. The number of urea groups is 1. The summed E-state index contributed by atoms with van der Waals surface area (Å²) in [5, 5.41) is 5.12. The first-order valence-electron chi connectivity index (χ1n) is 9.40. The molecule has 1 aromatic rings. The lowest BCUT2D eigenvalue weighted by Gasteiger charge is -2.36. The number of hydrogen-bond donors (Lipinski definition) is 2. The summed E-state index contributed by atoms with van der Waals surface area (Å²) in [6.07, 6.45) is 2.50. The second-order valence-corrected chi connectivity index (χ2v) is 8.42. The Morgan fingerprint density at radius 3 is 2.52 bits per heavy atom. The molecule has 1 atom stereocenters. The van der Waals surface area contributed by atoms with Gasteiger partial charge >= 0.3 is 6.03 Å². The van der Waals surface area contributed by atoms with Crippen LogP contribution in [0.15, 0.2) is 28.7 Å². The summed E-state index contributed by atoms with van der Waals surface area (Å²) >= 11 is 3.49. The molecule has 0 bridgehead atoms. The molecular formula is C19H23BrN4O3. The van der Waals surface area contributed by atoms with Gasteiger partial charge in [-0.1, -0.05) is 22.0 Å². The van der Waals surface area contributed by atoms with Gasteiger partial charge in [-0.15, -0.1) is 0 Å². The predicted molar refractivity (Wildman–Crippen MR) is 104 cm³/mol. The molecule has 3 aliphatic rings. The fourth-order valence-corrected chi connectivity index (χ4v) is 4.49. The van der Waals surface area contributed by atoms with Crippen molar-refractivity contribution in [1.29, 1.82) is 0 Å². The number of piperazine rings is 1. The van der Waals surface area contributed by atoms with Gasteiger partial charge in [0.25, 0.3) is 5.91 Å². The zero-order valence-electron chi connectivity index (χ0n) is 15.0. The molecule has 2 heterocycles. The van der Waals surface area contributed by atoms with E-state index in [0.717, 1.165) is 36.1 Å². The van der Waals surface area contributed by atoms with E-state index in [1.165, 1.54) is 0 Å². The average molecular weight is 435 g/mol. The van der Waals surface area contributed by atoms with E-state index in [2.05, 4.69) is 43.6 Å². The summed E-state index contributed by atoms with van der Waals surface area (Å²) in [7, 11) is 0. The number of carbonyl (C=O) groups excluding carboxylic acids is 3. The second-order valence-electron chi connectivity index (χ2n) is 7.50. The van der Waals surface area contributed by atoms with E-state index >= 15 is 0 Å². The van der Waals surface area contributed by atoms with Crippen LogP contribution in [0.3, 0.4) is 0 Å². The molecule has 3 fully saturated rings. The van der Waals surface area contributed by atoms with Gasteiger partial charge in [-0.3, -0.25) is 14.9 Å². The third-order valence-corrected chi connectivity index (χ3v) is 6.28. The summed E-state index contributed by atoms with van der Waals surface area (Å²) in [6, 6.07) is 7.72. The van der Waals surface area contributed by atoms with E-state index in [-0.39, 0.29) is 24.2 Å². The van der Waals surface area contributed by atoms with Crippen LogP contribution in [0.4, 0.5) is 10.5 Å². The number of benzene rings is 1. The smallest absolute Gasteiger partial charge is 0.322 e. The van der Waals surface area contributed by atoms with Crippen molar-refractivity contribution < 1.29 is 14.4 Å². The van der Waals surface area contributed by atoms with Crippen molar-refractivity contribution in [3.8, 4) is 0 Å². The molecule has 1 unspecified atom stereocenters. The van der Waals surface area contributed by atoms with Crippen molar-refractivity contribution in [2.24, 2.45) is 5.92 Å². The summed E-state index contributed by atoms with van der Waals surface area (Å²) < 4.78 is 1.04. The predicted octanol–water partition coefficient (Wildman–Crippen LogP) is 1.87. The Morgan fingerprint density at radius 2 is 1.93 bits per heavy atom. The Labute approximate surface area is 166 Å². The highest BCUT2D eigenvalue weighted by Gasteiger charge is 2.55. The van der Waals surface area contributed by atoms with E-state index in [1.807, 2.05) is 17.0 Å². The molecule has 0 spiro atoms. The minimum atomic E-state index is -0.884. The summed E-state index contributed by atoms with van der Waals surface area (Å²) in [5.74, 6) is -0.0646. The number of amides is 4. The summed E-state index contributed by atoms with van der Waals surface area (Å²) in [6.45, 7) is 2.90. The highest BCUT2D eigenvalue weighted by atomic mass is 79.9. The summed E-state index contributed by atoms with van der Waals surface area (Å²) in [5.41, 5.74) is 0.264. The van der Waals surface area contributed by atoms with Crippen molar-refractivity contribution in [2.75, 3.05) is 31.1 Å². The third kappa shape index (κ3) is 3.67. The van der Waals surface area contributed by atoms with E-state index in [4.69, 9.17) is 0 Å². The maximum absolute atomic E-state index is 12.7. The van der Waals surface area contributed by atoms with Gasteiger partial charge in [0.05, 0.1) is 0 Å². The lowest BCUT2D eigenvalue weighted by Crippen LogP contribution is -2.51. The van der Waals surface area contributed by atoms with Gasteiger partial charge in [-0.25, -0.2) is 4.79 Å². The molecule has 144 valence electrons. The van der Waals surface area contributed by atoms with E-state index < -0.39 is 11.6 Å². The van der Waals surface area contributed by atoms with Crippen LogP contribution in [0.2, 0.25) is 0 Å². The number of halogens is 1. The Kier molecular flexibility index (Phi) is 4.84. The van der Waals surface area contributed by atoms with Gasteiger partial charge in [-0.2, -0.15) is 0 Å². The van der Waals surface area contributed by atoms with Crippen LogP contribution in [-0.2, 0) is 9.59 Å². The Hall–Kier alpha value is -2.09. The maximum Gasteiger partial charge on any atom is 0.322 e. The van der Waals surface area contributed by atoms with Gasteiger partial charge < -0.3 is 15.1 Å². The lowest BCUT2D eigenvalue weighted by atomic mass is 9.87. The number of rotatable bonds is 5. The van der Waals surface area contributed by atoms with Crippen LogP contribution >= 0.6 is 15.9 Å². The van der Waals surface area contributed by atoms with Crippen molar-refractivity contribution in [3.05, 3.63) is 28.7 Å². The van der Waals surface area contributed by atoms with Gasteiger partial charge in [0.1, 0.15) is 5.54 Å². The lowest BCUT2D eigenvalue weighted by molar-refractivity contribution is -0.132. The first-order valence-corrected chi connectivity index (χ1v) is 10.2.